The molecule has 0 saturated carbocycles. The molecule has 0 heterocycles. The van der Waals surface area contributed by atoms with Crippen LogP contribution < -0.4 is 0 Å². The first-order valence-electron chi connectivity index (χ1n) is 4.69. The van der Waals surface area contributed by atoms with Gasteiger partial charge in [-0.15, -0.1) is 0 Å². The van der Waals surface area contributed by atoms with Gasteiger partial charge in [0.05, 0.1) is 0 Å². The van der Waals surface area contributed by atoms with Crippen LogP contribution in [0.25, 0.3) is 0 Å². The Morgan fingerprint density at radius 3 is 2.35 bits per heavy atom. The third kappa shape index (κ3) is 1.92. The van der Waals surface area contributed by atoms with Gasteiger partial charge < -0.3 is 0 Å². The van der Waals surface area contributed by atoms with Crippen LogP contribution in [-0.4, -0.2) is 24.5 Å². The van der Waals surface area contributed by atoms with Gasteiger partial charge in [0, 0.05) is 17.2 Å². The van der Waals surface area contributed by atoms with Crippen molar-refractivity contribution in [2.75, 3.05) is 0 Å². The topological polar surface area (TPSA) is 88.5 Å². The van der Waals surface area contributed by atoms with Crippen molar-refractivity contribution in [1.82, 2.24) is 0 Å². The molecule has 0 unspecified atom stereocenters. The molecule has 0 saturated heterocycles. The molecule has 5 nitrogen and oxygen atoms in total. The van der Waals surface area contributed by atoms with E-state index in [1.54, 1.807) is 13.0 Å². The Morgan fingerprint density at radius 1 is 1.12 bits per heavy atom. The molecule has 1 aromatic rings. The normalized spacial score (nSPS) is 15.5. The first-order valence-corrected chi connectivity index (χ1v) is 6.13. The van der Waals surface area contributed by atoms with Crippen molar-refractivity contribution in [2.24, 2.45) is 0 Å². The molecule has 17 heavy (non-hydrogen) atoms. The molecule has 1 aliphatic rings. The van der Waals surface area contributed by atoms with E-state index in [-0.39, 0.29) is 11.1 Å². The van der Waals surface area contributed by atoms with Crippen molar-refractivity contribution in [3.63, 3.8) is 0 Å². The summed E-state index contributed by atoms with van der Waals surface area (Å²) in [6.07, 6.45) is 0.652. The van der Waals surface area contributed by atoms with Crippen molar-refractivity contribution in [2.45, 2.75) is 6.92 Å². The first kappa shape index (κ1) is 11.7. The zero-order chi connectivity index (χ0) is 12.8. The molecule has 0 amide bonds. The van der Waals surface area contributed by atoms with Gasteiger partial charge in [-0.3, -0.25) is 14.1 Å². The molecular weight excluding hydrogens is 244 g/mol. The van der Waals surface area contributed by atoms with Gasteiger partial charge in [-0.05, 0) is 13.0 Å². The number of carbonyl (C=O) groups excluding carboxylic acids is 2. The Morgan fingerprint density at radius 2 is 1.76 bits per heavy atom. The van der Waals surface area contributed by atoms with Gasteiger partial charge in [0.15, 0.2) is 5.78 Å². The fraction of sp³-hybridized carbons (Fsp3) is 0.0909. The van der Waals surface area contributed by atoms with Gasteiger partial charge in [0.25, 0.3) is 10.1 Å². The summed E-state index contributed by atoms with van der Waals surface area (Å²) in [6, 6.07) is 4.48. The number of Topliss-reactive ketones (excluding diaryl/α,β-unsaturated/α-hetero) is 1. The van der Waals surface area contributed by atoms with Crippen molar-refractivity contribution in [1.29, 1.82) is 0 Å². The lowest BCUT2D eigenvalue weighted by atomic mass is 9.93. The van der Waals surface area contributed by atoms with Crippen LogP contribution in [0, 0.1) is 6.92 Å². The van der Waals surface area contributed by atoms with Crippen molar-refractivity contribution < 1.29 is 22.6 Å². The molecule has 88 valence electrons. The quantitative estimate of drug-likeness (QED) is 0.757. The third-order valence-corrected chi connectivity index (χ3v) is 3.31. The van der Waals surface area contributed by atoms with Crippen LogP contribution in [0.5, 0.6) is 0 Å². The predicted molar refractivity (Wildman–Crippen MR) is 59.5 cm³/mol. The number of carbonyl (C=O) groups is 2. The summed E-state index contributed by atoms with van der Waals surface area (Å²) in [5.41, 5.74) is 0.937. The molecule has 0 fully saturated rings. The molecule has 0 aromatic heterocycles. The minimum Gasteiger partial charge on any atom is -0.289 e. The zero-order valence-electron chi connectivity index (χ0n) is 8.80. The Balaban J connectivity index is 2.70. The highest BCUT2D eigenvalue weighted by Gasteiger charge is 2.32. The van der Waals surface area contributed by atoms with Gasteiger partial charge >= 0.3 is 0 Å². The Hall–Kier alpha value is -1.79. The van der Waals surface area contributed by atoms with E-state index in [0.29, 0.717) is 6.08 Å². The van der Waals surface area contributed by atoms with E-state index in [4.69, 9.17) is 4.55 Å². The molecular formula is C11H8O5S. The Kier molecular flexibility index (Phi) is 2.48. The third-order valence-electron chi connectivity index (χ3n) is 2.45. The van der Waals surface area contributed by atoms with E-state index < -0.39 is 26.6 Å². The second kappa shape index (κ2) is 3.61. The van der Waals surface area contributed by atoms with E-state index in [1.807, 2.05) is 0 Å². The minimum atomic E-state index is -4.67. The average molecular weight is 252 g/mol. The Bertz CT molecular complexity index is 667. The first-order chi connectivity index (χ1) is 7.80. The standard InChI is InChI=1S/C11H8O5S/c1-6-2-3-7-8(4-6)9(12)5-10(11(7)13)17(14,15)16/h2-5H,1H3,(H,14,15,16). The fourth-order valence-corrected chi connectivity index (χ4v) is 2.25. The maximum Gasteiger partial charge on any atom is 0.298 e. The fourth-order valence-electron chi connectivity index (χ4n) is 1.65. The number of hydrogen-bond acceptors (Lipinski definition) is 4. The van der Waals surface area contributed by atoms with Gasteiger partial charge in [-0.25, -0.2) is 0 Å². The highest BCUT2D eigenvalue weighted by Crippen LogP contribution is 2.24. The molecule has 6 heteroatoms. The van der Waals surface area contributed by atoms with Crippen LogP contribution in [0.1, 0.15) is 26.3 Å². The molecule has 2 rings (SSSR count). The maximum absolute atomic E-state index is 11.8. The molecule has 0 bridgehead atoms. The van der Waals surface area contributed by atoms with Crippen LogP contribution in [0.2, 0.25) is 0 Å². The summed E-state index contributed by atoms with van der Waals surface area (Å²) in [4.78, 5) is 22.5. The van der Waals surface area contributed by atoms with E-state index in [2.05, 4.69) is 0 Å². The number of rotatable bonds is 1. The Labute approximate surface area is 97.5 Å². The van der Waals surface area contributed by atoms with Crippen molar-refractivity contribution in [3.05, 3.63) is 45.9 Å². The highest BCUT2D eigenvalue weighted by molar-refractivity contribution is 7.91. The predicted octanol–water partition coefficient (Wildman–Crippen LogP) is 1.15. The second-order valence-corrected chi connectivity index (χ2v) is 5.12. The number of allylic oxidation sites excluding steroid dienone is 2. The summed E-state index contributed by atoms with van der Waals surface area (Å²) >= 11 is 0. The minimum absolute atomic E-state index is 0.00396. The van der Waals surface area contributed by atoms with E-state index in [0.717, 1.165) is 5.56 Å². The lowest BCUT2D eigenvalue weighted by Crippen LogP contribution is -2.22. The molecule has 1 aromatic carbocycles. The van der Waals surface area contributed by atoms with Gasteiger partial charge in [-0.1, -0.05) is 17.7 Å². The SMILES string of the molecule is Cc1ccc2c(c1)C(=O)C=C(S(=O)(=O)O)C2=O. The van der Waals surface area contributed by atoms with Crippen LogP contribution in [0.4, 0.5) is 0 Å². The number of ketones is 2. The van der Waals surface area contributed by atoms with E-state index in [1.165, 1.54) is 12.1 Å². The molecule has 0 atom stereocenters. The lowest BCUT2D eigenvalue weighted by Gasteiger charge is -2.13. The zero-order valence-corrected chi connectivity index (χ0v) is 9.61. The number of aryl methyl sites for hydroxylation is 1. The van der Waals surface area contributed by atoms with Crippen LogP contribution >= 0.6 is 0 Å². The lowest BCUT2D eigenvalue weighted by molar-refractivity contribution is 0.0989. The molecule has 0 spiro atoms. The van der Waals surface area contributed by atoms with Crippen LogP contribution in [0.3, 0.4) is 0 Å². The van der Waals surface area contributed by atoms with Gasteiger partial charge in [0.1, 0.15) is 4.91 Å². The largest absolute Gasteiger partial charge is 0.298 e. The summed E-state index contributed by atoms with van der Waals surface area (Å²) in [5, 5.41) is 0. The summed E-state index contributed by atoms with van der Waals surface area (Å²) in [6.45, 7) is 1.75. The van der Waals surface area contributed by atoms with Crippen LogP contribution in [-0.2, 0) is 10.1 Å². The smallest absolute Gasteiger partial charge is 0.289 e. The molecule has 1 N–H and O–H groups in total. The summed E-state index contributed by atoms with van der Waals surface area (Å²) in [5.74, 6) is -1.46. The maximum atomic E-state index is 11.8. The van der Waals surface area contributed by atoms with Crippen LogP contribution in [0.15, 0.2) is 29.2 Å². The van der Waals surface area contributed by atoms with E-state index in [9.17, 15) is 18.0 Å². The van der Waals surface area contributed by atoms with Crippen molar-refractivity contribution >= 4 is 21.7 Å². The van der Waals surface area contributed by atoms with E-state index >= 15 is 0 Å². The van der Waals surface area contributed by atoms with Gasteiger partial charge in [0.2, 0.25) is 5.78 Å². The number of fused-ring (bicyclic) bond motifs is 1. The second-order valence-electron chi connectivity index (χ2n) is 3.73. The molecule has 0 aliphatic heterocycles. The monoisotopic (exact) mass is 252 g/mol. The van der Waals surface area contributed by atoms with Gasteiger partial charge in [-0.2, -0.15) is 8.42 Å². The number of hydrogen-bond donors (Lipinski definition) is 1. The number of benzene rings is 1. The summed E-state index contributed by atoms with van der Waals surface area (Å²) < 4.78 is 30.7. The molecule has 0 radical (unpaired) electrons. The summed E-state index contributed by atoms with van der Waals surface area (Å²) in [7, 11) is -4.67. The highest BCUT2D eigenvalue weighted by atomic mass is 32.2. The average Bonchev–Trinajstić information content (AvgIpc) is 2.21. The molecule has 1 aliphatic carbocycles. The van der Waals surface area contributed by atoms with Crippen molar-refractivity contribution in [3.8, 4) is 0 Å².